The van der Waals surface area contributed by atoms with Crippen molar-refractivity contribution in [3.63, 3.8) is 0 Å². The second-order valence-corrected chi connectivity index (χ2v) is 7.99. The Hall–Kier alpha value is -1.02. The van der Waals surface area contributed by atoms with Gasteiger partial charge in [0.15, 0.2) is 8.68 Å². The van der Waals surface area contributed by atoms with Crippen LogP contribution in [0.2, 0.25) is 4.47 Å². The van der Waals surface area contributed by atoms with E-state index in [9.17, 15) is 12.8 Å². The van der Waals surface area contributed by atoms with Gasteiger partial charge in [0.2, 0.25) is 0 Å². The molecular weight excluding hydrogens is 323 g/mol. The summed E-state index contributed by atoms with van der Waals surface area (Å²) in [5, 5.41) is 0. The van der Waals surface area contributed by atoms with E-state index < -0.39 is 21.9 Å². The molecule has 4 nitrogen and oxygen atoms in total. The van der Waals surface area contributed by atoms with Gasteiger partial charge in [-0.1, -0.05) is 41.1 Å². The molecule has 1 aromatic heterocycles. The highest BCUT2D eigenvalue weighted by molar-refractivity contribution is 7.91. The average Bonchev–Trinajstić information content (AvgIpc) is 2.85. The largest absolute Gasteiger partial charge is 0.254 e. The molecule has 0 aliphatic carbocycles. The van der Waals surface area contributed by atoms with Crippen LogP contribution in [0.15, 0.2) is 34.7 Å². The van der Waals surface area contributed by atoms with Crippen molar-refractivity contribution in [2.45, 2.75) is 17.2 Å². The van der Waals surface area contributed by atoms with Crippen molar-refractivity contribution in [3.8, 4) is 0 Å². The second-order valence-electron chi connectivity index (χ2n) is 4.15. The molecule has 1 atom stereocenters. The Labute approximate surface area is 125 Å². The average molecular weight is 335 g/mol. The molecule has 0 aliphatic heterocycles. The van der Waals surface area contributed by atoms with Crippen molar-refractivity contribution in [2.75, 3.05) is 7.05 Å². The van der Waals surface area contributed by atoms with Crippen LogP contribution >= 0.6 is 22.9 Å². The lowest BCUT2D eigenvalue weighted by Crippen LogP contribution is -2.29. The summed E-state index contributed by atoms with van der Waals surface area (Å²) in [5.41, 5.74) is 0.314. The first-order chi connectivity index (χ1) is 9.34. The zero-order valence-electron chi connectivity index (χ0n) is 10.7. The molecule has 20 heavy (non-hydrogen) atoms. The van der Waals surface area contributed by atoms with Crippen LogP contribution in [0.5, 0.6) is 0 Å². The van der Waals surface area contributed by atoms with E-state index in [4.69, 9.17) is 11.6 Å². The van der Waals surface area contributed by atoms with E-state index in [1.54, 1.807) is 25.1 Å². The SMILES string of the molecule is CC(c1ccccc1F)N(C)S(=O)(=O)c1cnc(Cl)s1. The summed E-state index contributed by atoms with van der Waals surface area (Å²) in [6.45, 7) is 1.62. The fourth-order valence-corrected chi connectivity index (χ4v) is 4.54. The van der Waals surface area contributed by atoms with Gasteiger partial charge in [-0.25, -0.2) is 17.8 Å². The molecule has 108 valence electrons. The summed E-state index contributed by atoms with van der Waals surface area (Å²) in [6.07, 6.45) is 1.20. The number of sulfonamides is 1. The molecule has 0 fully saturated rings. The molecule has 1 unspecified atom stereocenters. The van der Waals surface area contributed by atoms with Gasteiger partial charge in [-0.15, -0.1) is 0 Å². The van der Waals surface area contributed by atoms with E-state index in [0.29, 0.717) is 5.56 Å². The molecule has 2 aromatic rings. The maximum Gasteiger partial charge on any atom is 0.254 e. The minimum atomic E-state index is -3.74. The highest BCUT2D eigenvalue weighted by Crippen LogP contribution is 2.30. The molecule has 0 saturated heterocycles. The zero-order valence-corrected chi connectivity index (χ0v) is 13.1. The summed E-state index contributed by atoms with van der Waals surface area (Å²) in [6, 6.07) is 5.45. The highest BCUT2D eigenvalue weighted by atomic mass is 35.5. The second kappa shape index (κ2) is 5.77. The van der Waals surface area contributed by atoms with Crippen LogP contribution in [-0.4, -0.2) is 24.8 Å². The van der Waals surface area contributed by atoms with Crippen molar-refractivity contribution < 1.29 is 12.8 Å². The molecule has 0 N–H and O–H groups in total. The van der Waals surface area contributed by atoms with Crippen molar-refractivity contribution in [1.29, 1.82) is 0 Å². The Bertz CT molecular complexity index is 718. The van der Waals surface area contributed by atoms with Crippen molar-refractivity contribution in [1.82, 2.24) is 9.29 Å². The lowest BCUT2D eigenvalue weighted by Gasteiger charge is -2.24. The summed E-state index contributed by atoms with van der Waals surface area (Å²) in [5.74, 6) is -0.440. The number of aromatic nitrogens is 1. The number of benzene rings is 1. The lowest BCUT2D eigenvalue weighted by molar-refractivity contribution is 0.388. The Morgan fingerprint density at radius 1 is 1.40 bits per heavy atom. The maximum atomic E-state index is 13.7. The van der Waals surface area contributed by atoms with E-state index in [1.165, 1.54) is 19.3 Å². The number of thiazole rings is 1. The fourth-order valence-electron chi connectivity index (χ4n) is 1.72. The number of hydrogen-bond donors (Lipinski definition) is 0. The van der Waals surface area contributed by atoms with Gasteiger partial charge in [-0.05, 0) is 13.0 Å². The van der Waals surface area contributed by atoms with Gasteiger partial charge >= 0.3 is 0 Å². The van der Waals surface area contributed by atoms with Gasteiger partial charge < -0.3 is 0 Å². The Morgan fingerprint density at radius 2 is 2.05 bits per heavy atom. The third-order valence-corrected chi connectivity index (χ3v) is 6.47. The first-order valence-corrected chi connectivity index (χ1v) is 8.31. The lowest BCUT2D eigenvalue weighted by atomic mass is 10.1. The summed E-state index contributed by atoms with van der Waals surface area (Å²) in [4.78, 5) is 3.72. The first kappa shape index (κ1) is 15.4. The molecule has 1 heterocycles. The predicted octanol–water partition coefficient (Wildman–Crippen LogP) is 3.32. The maximum absolute atomic E-state index is 13.7. The molecular formula is C12H12ClFN2O2S2. The van der Waals surface area contributed by atoms with Crippen LogP contribution < -0.4 is 0 Å². The molecule has 2 rings (SSSR count). The smallest absolute Gasteiger partial charge is 0.232 e. The van der Waals surface area contributed by atoms with Crippen LogP contribution in [-0.2, 0) is 10.0 Å². The van der Waals surface area contributed by atoms with Crippen molar-refractivity contribution in [2.24, 2.45) is 0 Å². The van der Waals surface area contributed by atoms with Crippen LogP contribution in [0.4, 0.5) is 4.39 Å². The Morgan fingerprint density at radius 3 is 2.60 bits per heavy atom. The van der Waals surface area contributed by atoms with Crippen LogP contribution in [0, 0.1) is 5.82 Å². The van der Waals surface area contributed by atoms with Gasteiger partial charge in [0.25, 0.3) is 10.0 Å². The van der Waals surface area contributed by atoms with Crippen molar-refractivity contribution >= 4 is 33.0 Å². The molecule has 8 heteroatoms. The van der Waals surface area contributed by atoms with E-state index in [2.05, 4.69) is 4.98 Å². The summed E-state index contributed by atoms with van der Waals surface area (Å²) in [7, 11) is -2.34. The monoisotopic (exact) mass is 334 g/mol. The third-order valence-electron chi connectivity index (χ3n) is 2.99. The molecule has 0 radical (unpaired) electrons. The van der Waals surface area contributed by atoms with Gasteiger partial charge in [-0.2, -0.15) is 4.31 Å². The molecule has 0 bridgehead atoms. The fraction of sp³-hybridized carbons (Fsp3) is 0.250. The highest BCUT2D eigenvalue weighted by Gasteiger charge is 2.29. The van der Waals surface area contributed by atoms with Crippen LogP contribution in [0.25, 0.3) is 0 Å². The van der Waals surface area contributed by atoms with Gasteiger partial charge in [0.1, 0.15) is 5.82 Å². The quantitative estimate of drug-likeness (QED) is 0.861. The number of nitrogens with zero attached hydrogens (tertiary/aromatic N) is 2. The predicted molar refractivity (Wildman–Crippen MR) is 76.9 cm³/mol. The molecule has 0 amide bonds. The third kappa shape index (κ3) is 2.85. The van der Waals surface area contributed by atoms with E-state index in [-0.39, 0.29) is 8.68 Å². The number of rotatable bonds is 4. The topological polar surface area (TPSA) is 50.3 Å². The zero-order chi connectivity index (χ0) is 14.9. The first-order valence-electron chi connectivity index (χ1n) is 5.68. The Kier molecular flexibility index (Phi) is 4.43. The normalized spacial score (nSPS) is 13.7. The number of halogens is 2. The van der Waals surface area contributed by atoms with Crippen LogP contribution in [0.3, 0.4) is 0 Å². The summed E-state index contributed by atoms with van der Waals surface area (Å²) >= 11 is 6.53. The van der Waals surface area contributed by atoms with Crippen molar-refractivity contribution in [3.05, 3.63) is 46.3 Å². The van der Waals surface area contributed by atoms with E-state index >= 15 is 0 Å². The summed E-state index contributed by atoms with van der Waals surface area (Å²) < 4.78 is 39.8. The Balaban J connectivity index is 2.36. The molecule has 0 saturated carbocycles. The molecule has 1 aromatic carbocycles. The molecule has 0 spiro atoms. The van der Waals surface area contributed by atoms with Gasteiger partial charge in [-0.3, -0.25) is 0 Å². The van der Waals surface area contributed by atoms with Crippen LogP contribution in [0.1, 0.15) is 18.5 Å². The standard InChI is InChI=1S/C12H12ClFN2O2S2/c1-8(9-5-3-4-6-10(9)14)16(2)20(17,18)11-7-15-12(13)19-11/h3-8H,1-2H3. The van der Waals surface area contributed by atoms with Gasteiger partial charge in [0, 0.05) is 18.7 Å². The number of hydrogen-bond acceptors (Lipinski definition) is 4. The van der Waals surface area contributed by atoms with E-state index in [0.717, 1.165) is 15.6 Å². The molecule has 0 aliphatic rings. The minimum absolute atomic E-state index is 0.0354. The van der Waals surface area contributed by atoms with E-state index in [1.807, 2.05) is 0 Å². The van der Waals surface area contributed by atoms with Gasteiger partial charge in [0.05, 0.1) is 6.20 Å². The minimum Gasteiger partial charge on any atom is -0.232 e.